The second-order valence-corrected chi connectivity index (χ2v) is 8.17. The molecule has 2 aromatic rings. The molecule has 0 aliphatic carbocycles. The molecule has 0 spiro atoms. The molecule has 0 unspecified atom stereocenters. The highest BCUT2D eigenvalue weighted by molar-refractivity contribution is 7.09. The number of benzene rings is 1. The third-order valence-corrected chi connectivity index (χ3v) is 5.96. The fourth-order valence-electron chi connectivity index (χ4n) is 3.32. The van der Waals surface area contributed by atoms with Gasteiger partial charge in [0.05, 0.1) is 10.7 Å². The van der Waals surface area contributed by atoms with E-state index in [1.54, 1.807) is 17.4 Å². The number of nitrogens with zero attached hydrogens (tertiary/aromatic N) is 2. The van der Waals surface area contributed by atoms with Crippen LogP contribution in [0.1, 0.15) is 47.5 Å². The van der Waals surface area contributed by atoms with Crippen LogP contribution in [0.15, 0.2) is 35.7 Å². The first kappa shape index (κ1) is 20.3. The topological polar surface area (TPSA) is 62.3 Å². The van der Waals surface area contributed by atoms with Crippen LogP contribution in [0, 0.1) is 6.92 Å². The lowest BCUT2D eigenvalue weighted by Crippen LogP contribution is -2.38. The van der Waals surface area contributed by atoms with Gasteiger partial charge in [-0.25, -0.2) is 4.98 Å². The number of nitrogens with one attached hydrogen (secondary N) is 1. The van der Waals surface area contributed by atoms with Gasteiger partial charge in [0.1, 0.15) is 0 Å². The Hall–Kier alpha value is -2.47. The molecular weight excluding hydrogens is 370 g/mol. The van der Waals surface area contributed by atoms with Gasteiger partial charge in [-0.15, -0.1) is 11.3 Å². The molecule has 0 bridgehead atoms. The molecule has 1 aromatic heterocycles. The van der Waals surface area contributed by atoms with E-state index in [0.717, 1.165) is 48.6 Å². The van der Waals surface area contributed by atoms with Crippen molar-refractivity contribution in [3.05, 3.63) is 57.6 Å². The predicted octanol–water partition coefficient (Wildman–Crippen LogP) is 3.55. The Balaban J connectivity index is 1.56. The van der Waals surface area contributed by atoms with E-state index in [-0.39, 0.29) is 11.8 Å². The molecule has 1 aromatic carbocycles. The summed E-state index contributed by atoms with van der Waals surface area (Å²) < 4.78 is 0. The number of hydrogen-bond acceptors (Lipinski definition) is 4. The lowest BCUT2D eigenvalue weighted by Gasteiger charge is -2.31. The fraction of sp³-hybridized carbons (Fsp3) is 0.409. The van der Waals surface area contributed by atoms with Crippen LogP contribution in [0.25, 0.3) is 6.08 Å². The molecule has 1 aliphatic rings. The minimum Gasteiger partial charge on any atom is -0.356 e. The summed E-state index contributed by atoms with van der Waals surface area (Å²) in [5.41, 5.74) is 3.26. The zero-order valence-electron chi connectivity index (χ0n) is 16.5. The van der Waals surface area contributed by atoms with Crippen LogP contribution in [0.3, 0.4) is 0 Å². The molecule has 148 valence electrons. The molecule has 5 nitrogen and oxygen atoms in total. The summed E-state index contributed by atoms with van der Waals surface area (Å²) >= 11 is 1.66. The molecule has 1 N–H and O–H groups in total. The summed E-state index contributed by atoms with van der Waals surface area (Å²) in [4.78, 5) is 30.2. The second-order valence-electron chi connectivity index (χ2n) is 7.28. The number of carbonyl (C=O) groups is 2. The molecule has 28 heavy (non-hydrogen) atoms. The SMILES string of the molecule is CC(=O)NCCc1csc([C@@H]2CCCN(C(=O)/C=C/c3ccc(C)cc3)C2)n1. The number of thiazole rings is 1. The van der Waals surface area contributed by atoms with Gasteiger partial charge in [0.2, 0.25) is 11.8 Å². The van der Waals surface area contributed by atoms with Crippen molar-refractivity contribution >= 4 is 29.2 Å². The van der Waals surface area contributed by atoms with Crippen LogP contribution in [0.5, 0.6) is 0 Å². The number of rotatable bonds is 6. The quantitative estimate of drug-likeness (QED) is 0.758. The maximum absolute atomic E-state index is 12.6. The van der Waals surface area contributed by atoms with E-state index in [1.807, 2.05) is 35.2 Å². The average Bonchev–Trinajstić information content (AvgIpc) is 3.16. The molecule has 1 aliphatic heterocycles. The van der Waals surface area contributed by atoms with Gasteiger partial charge in [-0.3, -0.25) is 9.59 Å². The van der Waals surface area contributed by atoms with Crippen LogP contribution >= 0.6 is 11.3 Å². The van der Waals surface area contributed by atoms with E-state index in [2.05, 4.69) is 17.6 Å². The molecule has 6 heteroatoms. The minimum absolute atomic E-state index is 0.0180. The normalized spacial score (nSPS) is 17.1. The van der Waals surface area contributed by atoms with E-state index in [1.165, 1.54) is 12.5 Å². The Morgan fingerprint density at radius 3 is 2.86 bits per heavy atom. The van der Waals surface area contributed by atoms with Crippen molar-refractivity contribution in [2.45, 2.75) is 39.0 Å². The first-order valence-electron chi connectivity index (χ1n) is 9.73. The Morgan fingerprint density at radius 1 is 1.32 bits per heavy atom. The first-order valence-corrected chi connectivity index (χ1v) is 10.6. The number of piperidine rings is 1. The predicted molar refractivity (Wildman–Crippen MR) is 113 cm³/mol. The molecule has 0 radical (unpaired) electrons. The summed E-state index contributed by atoms with van der Waals surface area (Å²) in [5.74, 6) is 0.341. The van der Waals surface area contributed by atoms with E-state index in [9.17, 15) is 9.59 Å². The van der Waals surface area contributed by atoms with E-state index < -0.39 is 0 Å². The van der Waals surface area contributed by atoms with Crippen molar-refractivity contribution in [1.29, 1.82) is 0 Å². The van der Waals surface area contributed by atoms with Crippen LogP contribution in [-0.2, 0) is 16.0 Å². The fourth-order valence-corrected chi connectivity index (χ4v) is 4.30. The number of aromatic nitrogens is 1. The molecule has 3 rings (SSSR count). The minimum atomic E-state index is -0.0180. The zero-order chi connectivity index (χ0) is 19.9. The van der Waals surface area contributed by atoms with Crippen LogP contribution < -0.4 is 5.32 Å². The summed E-state index contributed by atoms with van der Waals surface area (Å²) in [7, 11) is 0. The van der Waals surface area contributed by atoms with Crippen molar-refractivity contribution < 1.29 is 9.59 Å². The highest BCUT2D eigenvalue weighted by Gasteiger charge is 2.25. The van der Waals surface area contributed by atoms with Crippen molar-refractivity contribution in [3.63, 3.8) is 0 Å². The average molecular weight is 398 g/mol. The number of aryl methyl sites for hydroxylation is 1. The molecule has 0 saturated carbocycles. The number of hydrogen-bond donors (Lipinski definition) is 1. The number of carbonyl (C=O) groups excluding carboxylic acids is 2. The van der Waals surface area contributed by atoms with Crippen LogP contribution in [0.4, 0.5) is 0 Å². The largest absolute Gasteiger partial charge is 0.356 e. The number of likely N-dealkylation sites (tertiary alicyclic amines) is 1. The standard InChI is InChI=1S/C22H27N3O2S/c1-16-5-7-18(8-6-16)9-10-21(27)25-13-3-4-19(14-25)22-24-20(15-28-22)11-12-23-17(2)26/h5-10,15,19H,3-4,11-14H2,1-2H3,(H,23,26)/b10-9+/t19-/m1/s1. The van der Waals surface area contributed by atoms with Crippen molar-refractivity contribution in [3.8, 4) is 0 Å². The van der Waals surface area contributed by atoms with Crippen molar-refractivity contribution in [1.82, 2.24) is 15.2 Å². The van der Waals surface area contributed by atoms with Gasteiger partial charge in [0, 0.05) is 50.4 Å². The molecule has 2 heterocycles. The van der Waals surface area contributed by atoms with Crippen LogP contribution in [-0.4, -0.2) is 41.3 Å². The Bertz CT molecular complexity index is 842. The lowest BCUT2D eigenvalue weighted by molar-refractivity contribution is -0.127. The van der Waals surface area contributed by atoms with E-state index in [0.29, 0.717) is 12.5 Å². The number of amides is 2. The Kier molecular flexibility index (Phi) is 6.98. The second kappa shape index (κ2) is 9.64. The highest BCUT2D eigenvalue weighted by atomic mass is 32.1. The van der Waals surface area contributed by atoms with Crippen LogP contribution in [0.2, 0.25) is 0 Å². The first-order chi connectivity index (χ1) is 13.5. The maximum Gasteiger partial charge on any atom is 0.246 e. The van der Waals surface area contributed by atoms with Gasteiger partial charge >= 0.3 is 0 Å². The molecule has 2 amide bonds. The maximum atomic E-state index is 12.6. The van der Waals surface area contributed by atoms with Gasteiger partial charge in [0.15, 0.2) is 0 Å². The summed E-state index contributed by atoms with van der Waals surface area (Å²) in [5, 5.41) is 5.96. The summed E-state index contributed by atoms with van der Waals surface area (Å²) in [6, 6.07) is 8.15. The van der Waals surface area contributed by atoms with Gasteiger partial charge in [0.25, 0.3) is 0 Å². The lowest BCUT2D eigenvalue weighted by atomic mass is 9.98. The third-order valence-electron chi connectivity index (χ3n) is 4.90. The molecule has 1 saturated heterocycles. The van der Waals surface area contributed by atoms with E-state index >= 15 is 0 Å². The third kappa shape index (κ3) is 5.76. The van der Waals surface area contributed by atoms with Gasteiger partial charge < -0.3 is 10.2 Å². The summed E-state index contributed by atoms with van der Waals surface area (Å²) in [6.07, 6.45) is 6.35. The van der Waals surface area contributed by atoms with E-state index in [4.69, 9.17) is 4.98 Å². The van der Waals surface area contributed by atoms with Gasteiger partial charge in [-0.05, 0) is 31.4 Å². The molecule has 1 fully saturated rings. The zero-order valence-corrected chi connectivity index (χ0v) is 17.3. The Labute approximate surface area is 170 Å². The smallest absolute Gasteiger partial charge is 0.246 e. The van der Waals surface area contributed by atoms with Gasteiger partial charge in [-0.1, -0.05) is 29.8 Å². The van der Waals surface area contributed by atoms with Crippen molar-refractivity contribution in [2.24, 2.45) is 0 Å². The molecule has 1 atom stereocenters. The monoisotopic (exact) mass is 397 g/mol. The van der Waals surface area contributed by atoms with Gasteiger partial charge in [-0.2, -0.15) is 0 Å². The van der Waals surface area contributed by atoms with Crippen molar-refractivity contribution in [2.75, 3.05) is 19.6 Å². The highest BCUT2D eigenvalue weighted by Crippen LogP contribution is 2.29. The summed E-state index contributed by atoms with van der Waals surface area (Å²) in [6.45, 7) is 5.70. The molecular formula is C22H27N3O2S. The Morgan fingerprint density at radius 2 is 2.11 bits per heavy atom.